The Bertz CT molecular complexity index is 1740. The van der Waals surface area contributed by atoms with Gasteiger partial charge in [-0.05, 0) is 59.4 Å². The highest BCUT2D eigenvalue weighted by atomic mass is 19.1. The van der Waals surface area contributed by atoms with Crippen LogP contribution in [-0.4, -0.2) is 19.5 Å². The standard InChI is InChI=1S/C29H25FN4O3/c1-16(2)27-23(34-11-5-4-6-25(34)31-27)13-18-7-9-21-19(12-18)15-36-24-14-20(30)8-10-22(24)26(21)17(3)28-32-29(35)37-33-28/h4-12,14,16H,13,15H2,1-3H3,(H,32,33,35)/b26-17-. The molecule has 1 aliphatic rings. The number of nitrogens with zero attached hydrogens (tertiary/aromatic N) is 3. The first-order valence-corrected chi connectivity index (χ1v) is 12.2. The molecule has 7 nitrogen and oxygen atoms in total. The van der Waals surface area contributed by atoms with Crippen LogP contribution in [0.2, 0.25) is 0 Å². The number of imidazole rings is 1. The summed E-state index contributed by atoms with van der Waals surface area (Å²) in [4.78, 5) is 19.2. The lowest BCUT2D eigenvalue weighted by Crippen LogP contribution is -2.03. The molecule has 0 saturated carbocycles. The molecule has 0 bridgehead atoms. The Kier molecular flexibility index (Phi) is 5.52. The van der Waals surface area contributed by atoms with Gasteiger partial charge in [0, 0.05) is 29.8 Å². The summed E-state index contributed by atoms with van der Waals surface area (Å²) in [7, 11) is 0. The van der Waals surface area contributed by atoms with Gasteiger partial charge in [-0.25, -0.2) is 14.2 Å². The van der Waals surface area contributed by atoms with E-state index >= 15 is 0 Å². The number of fused-ring (bicyclic) bond motifs is 3. The lowest BCUT2D eigenvalue weighted by molar-refractivity contribution is 0.305. The maximum atomic E-state index is 14.1. The van der Waals surface area contributed by atoms with Gasteiger partial charge in [-0.1, -0.05) is 43.3 Å². The molecule has 0 atom stereocenters. The fourth-order valence-electron chi connectivity index (χ4n) is 5.05. The molecule has 1 N–H and O–H groups in total. The second-order valence-corrected chi connectivity index (χ2v) is 9.57. The zero-order chi connectivity index (χ0) is 25.7. The largest absolute Gasteiger partial charge is 0.488 e. The van der Waals surface area contributed by atoms with Crippen LogP contribution in [0.3, 0.4) is 0 Å². The van der Waals surface area contributed by atoms with E-state index in [0.717, 1.165) is 44.9 Å². The van der Waals surface area contributed by atoms with Gasteiger partial charge in [-0.15, -0.1) is 0 Å². The van der Waals surface area contributed by atoms with E-state index in [1.165, 1.54) is 12.1 Å². The van der Waals surface area contributed by atoms with Crippen molar-refractivity contribution in [2.45, 2.75) is 39.7 Å². The lowest BCUT2D eigenvalue weighted by atomic mass is 9.89. The fourth-order valence-corrected chi connectivity index (χ4v) is 5.05. The van der Waals surface area contributed by atoms with Crippen molar-refractivity contribution < 1.29 is 13.7 Å². The smallest absolute Gasteiger partial charge is 0.439 e. The number of pyridine rings is 1. The first-order chi connectivity index (χ1) is 17.9. The molecule has 0 spiro atoms. The Labute approximate surface area is 212 Å². The van der Waals surface area contributed by atoms with Gasteiger partial charge in [0.25, 0.3) is 0 Å². The van der Waals surface area contributed by atoms with Crippen LogP contribution in [-0.2, 0) is 13.0 Å². The molecule has 0 saturated heterocycles. The predicted octanol–water partition coefficient (Wildman–Crippen LogP) is 5.74. The number of H-pyrrole nitrogens is 1. The number of aromatic nitrogens is 4. The van der Waals surface area contributed by atoms with E-state index in [9.17, 15) is 9.18 Å². The van der Waals surface area contributed by atoms with Crippen LogP contribution in [0.1, 0.15) is 66.2 Å². The minimum atomic E-state index is -0.635. The fraction of sp³-hybridized carbons (Fsp3) is 0.207. The first-order valence-electron chi connectivity index (χ1n) is 12.2. The van der Waals surface area contributed by atoms with Crippen molar-refractivity contribution >= 4 is 16.8 Å². The van der Waals surface area contributed by atoms with Crippen LogP contribution in [0.25, 0.3) is 16.8 Å². The Morgan fingerprint density at radius 2 is 1.97 bits per heavy atom. The molecular weight excluding hydrogens is 471 g/mol. The molecule has 1 aliphatic heterocycles. The van der Waals surface area contributed by atoms with E-state index in [2.05, 4.69) is 46.6 Å². The highest BCUT2D eigenvalue weighted by Crippen LogP contribution is 2.41. The van der Waals surface area contributed by atoms with Gasteiger partial charge < -0.3 is 9.14 Å². The summed E-state index contributed by atoms with van der Waals surface area (Å²) in [6, 6.07) is 16.8. The van der Waals surface area contributed by atoms with E-state index in [4.69, 9.17) is 14.2 Å². The zero-order valence-electron chi connectivity index (χ0n) is 20.7. The van der Waals surface area contributed by atoms with Gasteiger partial charge in [-0.2, -0.15) is 0 Å². The summed E-state index contributed by atoms with van der Waals surface area (Å²) in [5.74, 6) is 0.0152. The summed E-state index contributed by atoms with van der Waals surface area (Å²) >= 11 is 0. The molecule has 4 heterocycles. The number of hydrogen-bond acceptors (Lipinski definition) is 5. The normalized spacial score (nSPS) is 14.3. The van der Waals surface area contributed by atoms with E-state index in [-0.39, 0.29) is 18.3 Å². The van der Waals surface area contributed by atoms with Crippen molar-refractivity contribution in [1.29, 1.82) is 0 Å². The number of halogens is 1. The average Bonchev–Trinajstić information content (AvgIpc) is 3.44. The van der Waals surface area contributed by atoms with Gasteiger partial charge in [-0.3, -0.25) is 9.51 Å². The molecule has 186 valence electrons. The van der Waals surface area contributed by atoms with Crippen LogP contribution in [0.5, 0.6) is 5.75 Å². The van der Waals surface area contributed by atoms with Crippen molar-refractivity contribution in [2.24, 2.45) is 0 Å². The van der Waals surface area contributed by atoms with Crippen LogP contribution in [0.15, 0.2) is 70.1 Å². The molecule has 0 amide bonds. The maximum absolute atomic E-state index is 14.1. The van der Waals surface area contributed by atoms with E-state index in [0.29, 0.717) is 23.6 Å². The zero-order valence-corrected chi connectivity index (χ0v) is 20.7. The van der Waals surface area contributed by atoms with Crippen molar-refractivity contribution in [1.82, 2.24) is 19.5 Å². The Morgan fingerprint density at radius 1 is 1.14 bits per heavy atom. The molecule has 3 aromatic heterocycles. The molecule has 0 radical (unpaired) electrons. The molecular formula is C29H25FN4O3. The number of rotatable bonds is 4. The highest BCUT2D eigenvalue weighted by molar-refractivity contribution is 5.99. The first kappa shape index (κ1) is 23.0. The number of aromatic amines is 1. The van der Waals surface area contributed by atoms with Crippen LogP contribution < -0.4 is 10.5 Å². The third-order valence-electron chi connectivity index (χ3n) is 6.78. The van der Waals surface area contributed by atoms with E-state index in [1.807, 2.05) is 31.3 Å². The number of nitrogens with one attached hydrogen (secondary N) is 1. The monoisotopic (exact) mass is 496 g/mol. The molecule has 8 heteroatoms. The predicted molar refractivity (Wildman–Crippen MR) is 138 cm³/mol. The van der Waals surface area contributed by atoms with Crippen LogP contribution in [0.4, 0.5) is 4.39 Å². The third kappa shape index (κ3) is 4.04. The minimum absolute atomic E-state index is 0.274. The quantitative estimate of drug-likeness (QED) is 0.343. The summed E-state index contributed by atoms with van der Waals surface area (Å²) in [6.07, 6.45) is 2.74. The number of ether oxygens (including phenoxy) is 1. The highest BCUT2D eigenvalue weighted by Gasteiger charge is 2.24. The summed E-state index contributed by atoms with van der Waals surface area (Å²) in [5, 5.41) is 3.88. The average molecular weight is 497 g/mol. The number of benzene rings is 2. The molecule has 6 rings (SSSR count). The summed E-state index contributed by atoms with van der Waals surface area (Å²) in [6.45, 7) is 6.43. The minimum Gasteiger partial charge on any atom is -0.488 e. The van der Waals surface area contributed by atoms with Gasteiger partial charge in [0.05, 0.1) is 11.4 Å². The van der Waals surface area contributed by atoms with Gasteiger partial charge >= 0.3 is 5.76 Å². The summed E-state index contributed by atoms with van der Waals surface area (Å²) < 4.78 is 27.1. The van der Waals surface area contributed by atoms with Crippen LogP contribution >= 0.6 is 0 Å². The molecule has 5 aromatic rings. The summed E-state index contributed by atoms with van der Waals surface area (Å²) in [5.41, 5.74) is 8.37. The van der Waals surface area contributed by atoms with Crippen LogP contribution in [0, 0.1) is 5.82 Å². The lowest BCUT2D eigenvalue weighted by Gasteiger charge is -2.15. The van der Waals surface area contributed by atoms with Gasteiger partial charge in [0.1, 0.15) is 23.8 Å². The molecule has 0 aliphatic carbocycles. The number of hydrogen-bond donors (Lipinski definition) is 1. The topological polar surface area (TPSA) is 85.4 Å². The molecule has 0 unspecified atom stereocenters. The second-order valence-electron chi connectivity index (χ2n) is 9.57. The van der Waals surface area contributed by atoms with Crippen molar-refractivity contribution in [3.8, 4) is 5.75 Å². The maximum Gasteiger partial charge on any atom is 0.439 e. The Morgan fingerprint density at radius 3 is 2.76 bits per heavy atom. The third-order valence-corrected chi connectivity index (χ3v) is 6.78. The van der Waals surface area contributed by atoms with E-state index < -0.39 is 5.76 Å². The molecule has 37 heavy (non-hydrogen) atoms. The Balaban J connectivity index is 1.49. The van der Waals surface area contributed by atoms with Gasteiger partial charge in [0.2, 0.25) is 0 Å². The molecule has 2 aromatic carbocycles. The van der Waals surface area contributed by atoms with E-state index in [1.54, 1.807) is 6.07 Å². The van der Waals surface area contributed by atoms with Crippen molar-refractivity contribution in [2.75, 3.05) is 0 Å². The Hall–Kier alpha value is -4.46. The number of allylic oxidation sites excluding steroid dienone is 1. The van der Waals surface area contributed by atoms with Crippen molar-refractivity contribution in [3.05, 3.63) is 117 Å². The van der Waals surface area contributed by atoms with Crippen molar-refractivity contribution in [3.63, 3.8) is 0 Å². The SMILES string of the molecule is C/C(=C1\c2ccc(Cc3c(C(C)C)nc4ccccn34)cc2COc2cc(F)ccc21)c1noc(=O)[nH]1. The molecule has 0 fully saturated rings. The van der Waals surface area contributed by atoms with Gasteiger partial charge in [0.15, 0.2) is 5.82 Å². The second kappa shape index (κ2) is 8.89.